The van der Waals surface area contributed by atoms with Crippen LogP contribution in [0.5, 0.6) is 5.75 Å². The fourth-order valence-electron chi connectivity index (χ4n) is 1.89. The molecule has 19 heavy (non-hydrogen) atoms. The monoisotopic (exact) mass is 265 g/mol. The smallest absolute Gasteiger partial charge is 0.119 e. The van der Waals surface area contributed by atoms with Gasteiger partial charge < -0.3 is 15.2 Å². The van der Waals surface area contributed by atoms with E-state index in [1.54, 1.807) is 0 Å². The van der Waals surface area contributed by atoms with E-state index < -0.39 is 0 Å². The zero-order valence-electron chi connectivity index (χ0n) is 12.4. The van der Waals surface area contributed by atoms with Gasteiger partial charge in [0.2, 0.25) is 0 Å². The first kappa shape index (κ1) is 16.0. The molecule has 3 heteroatoms. The lowest BCUT2D eigenvalue weighted by Gasteiger charge is -2.16. The highest BCUT2D eigenvalue weighted by molar-refractivity contribution is 5.30. The Kier molecular flexibility index (Phi) is 7.53. The third kappa shape index (κ3) is 6.08. The molecule has 2 N–H and O–H groups in total. The van der Waals surface area contributed by atoms with Crippen molar-refractivity contribution in [2.45, 2.75) is 45.6 Å². The maximum absolute atomic E-state index is 9.25. The molecule has 1 aromatic carbocycles. The Labute approximate surface area is 117 Å². The number of aliphatic hydroxyl groups is 1. The molecule has 1 rings (SSSR count). The van der Waals surface area contributed by atoms with Crippen LogP contribution in [0.4, 0.5) is 0 Å². The minimum atomic E-state index is 0.133. The summed E-state index contributed by atoms with van der Waals surface area (Å²) in [6.07, 6.45) is 1.90. The van der Waals surface area contributed by atoms with Crippen LogP contribution in [0.25, 0.3) is 0 Å². The standard InChI is InChI=1S/C16H27NO2/c1-4-9-17-15(12-18)8-10-19-16-7-5-6-14(11-16)13(2)3/h5-7,11,13,15,17-18H,4,8-10,12H2,1-3H3. The summed E-state index contributed by atoms with van der Waals surface area (Å²) < 4.78 is 5.76. The third-order valence-corrected chi connectivity index (χ3v) is 3.16. The quantitative estimate of drug-likeness (QED) is 0.721. The van der Waals surface area contributed by atoms with E-state index in [-0.39, 0.29) is 12.6 Å². The van der Waals surface area contributed by atoms with Crippen molar-refractivity contribution in [3.63, 3.8) is 0 Å². The van der Waals surface area contributed by atoms with Crippen LogP contribution >= 0.6 is 0 Å². The molecule has 0 aliphatic heterocycles. The highest BCUT2D eigenvalue weighted by Gasteiger charge is 2.06. The second-order valence-corrected chi connectivity index (χ2v) is 5.20. The van der Waals surface area contributed by atoms with Gasteiger partial charge in [0.05, 0.1) is 13.2 Å². The summed E-state index contributed by atoms with van der Waals surface area (Å²) in [5.74, 6) is 1.43. The Morgan fingerprint density at radius 2 is 2.11 bits per heavy atom. The van der Waals surface area contributed by atoms with Crippen molar-refractivity contribution in [3.8, 4) is 5.75 Å². The van der Waals surface area contributed by atoms with Gasteiger partial charge >= 0.3 is 0 Å². The van der Waals surface area contributed by atoms with E-state index >= 15 is 0 Å². The third-order valence-electron chi connectivity index (χ3n) is 3.16. The summed E-state index contributed by atoms with van der Waals surface area (Å²) >= 11 is 0. The zero-order chi connectivity index (χ0) is 14.1. The number of aliphatic hydroxyl groups excluding tert-OH is 1. The lowest BCUT2D eigenvalue weighted by atomic mass is 10.0. The summed E-state index contributed by atoms with van der Waals surface area (Å²) in [4.78, 5) is 0. The number of hydrogen-bond acceptors (Lipinski definition) is 3. The Morgan fingerprint density at radius 1 is 1.32 bits per heavy atom. The molecule has 0 heterocycles. The predicted molar refractivity (Wildman–Crippen MR) is 79.8 cm³/mol. The van der Waals surface area contributed by atoms with Crippen LogP contribution in [0.3, 0.4) is 0 Å². The van der Waals surface area contributed by atoms with E-state index in [1.165, 1.54) is 5.56 Å². The van der Waals surface area contributed by atoms with Gasteiger partial charge in [0.25, 0.3) is 0 Å². The molecule has 0 aliphatic rings. The molecule has 0 saturated carbocycles. The van der Waals surface area contributed by atoms with Crippen molar-refractivity contribution in [2.24, 2.45) is 0 Å². The predicted octanol–water partition coefficient (Wildman–Crippen LogP) is 2.94. The highest BCUT2D eigenvalue weighted by Crippen LogP contribution is 2.20. The van der Waals surface area contributed by atoms with Gasteiger partial charge in [-0.25, -0.2) is 0 Å². The van der Waals surface area contributed by atoms with Crippen molar-refractivity contribution in [2.75, 3.05) is 19.8 Å². The average molecular weight is 265 g/mol. The van der Waals surface area contributed by atoms with Gasteiger partial charge in [0.1, 0.15) is 5.75 Å². The fraction of sp³-hybridized carbons (Fsp3) is 0.625. The Morgan fingerprint density at radius 3 is 2.74 bits per heavy atom. The van der Waals surface area contributed by atoms with Gasteiger partial charge in [-0.15, -0.1) is 0 Å². The maximum Gasteiger partial charge on any atom is 0.119 e. The van der Waals surface area contributed by atoms with E-state index in [9.17, 15) is 5.11 Å². The van der Waals surface area contributed by atoms with Gasteiger partial charge in [0.15, 0.2) is 0 Å². The van der Waals surface area contributed by atoms with Crippen molar-refractivity contribution in [3.05, 3.63) is 29.8 Å². The molecule has 0 radical (unpaired) electrons. The molecule has 108 valence electrons. The number of rotatable bonds is 9. The van der Waals surface area contributed by atoms with Gasteiger partial charge in [-0.3, -0.25) is 0 Å². The van der Waals surface area contributed by atoms with E-state index in [0.29, 0.717) is 12.5 Å². The molecule has 0 fully saturated rings. The normalized spacial score (nSPS) is 12.7. The molecule has 1 atom stereocenters. The van der Waals surface area contributed by atoms with E-state index in [1.807, 2.05) is 12.1 Å². The number of nitrogens with one attached hydrogen (secondary N) is 1. The van der Waals surface area contributed by atoms with Gasteiger partial charge in [-0.05, 0) is 43.0 Å². The van der Waals surface area contributed by atoms with Gasteiger partial charge in [-0.2, -0.15) is 0 Å². The molecule has 0 spiro atoms. The Hall–Kier alpha value is -1.06. The van der Waals surface area contributed by atoms with Crippen LogP contribution < -0.4 is 10.1 Å². The molecule has 0 saturated heterocycles. The summed E-state index contributed by atoms with van der Waals surface area (Å²) in [5.41, 5.74) is 1.29. The molecule has 3 nitrogen and oxygen atoms in total. The van der Waals surface area contributed by atoms with E-state index in [2.05, 4.69) is 38.2 Å². The van der Waals surface area contributed by atoms with Crippen molar-refractivity contribution in [1.29, 1.82) is 0 Å². The van der Waals surface area contributed by atoms with Crippen molar-refractivity contribution in [1.82, 2.24) is 5.32 Å². The maximum atomic E-state index is 9.25. The molecular weight excluding hydrogens is 238 g/mol. The summed E-state index contributed by atoms with van der Waals surface area (Å²) in [6.45, 7) is 8.20. The average Bonchev–Trinajstić information content (AvgIpc) is 2.43. The summed E-state index contributed by atoms with van der Waals surface area (Å²) in [5, 5.41) is 12.6. The highest BCUT2D eigenvalue weighted by atomic mass is 16.5. The number of ether oxygens (including phenoxy) is 1. The summed E-state index contributed by atoms with van der Waals surface area (Å²) in [7, 11) is 0. The SMILES string of the molecule is CCCNC(CO)CCOc1cccc(C(C)C)c1. The largest absolute Gasteiger partial charge is 0.494 e. The molecule has 0 aromatic heterocycles. The Bertz CT molecular complexity index is 352. The lowest BCUT2D eigenvalue weighted by molar-refractivity contribution is 0.209. The minimum absolute atomic E-state index is 0.133. The van der Waals surface area contributed by atoms with E-state index in [0.717, 1.165) is 25.1 Å². The minimum Gasteiger partial charge on any atom is -0.494 e. The van der Waals surface area contributed by atoms with Crippen LogP contribution in [0.2, 0.25) is 0 Å². The van der Waals surface area contributed by atoms with E-state index in [4.69, 9.17) is 4.74 Å². The zero-order valence-corrected chi connectivity index (χ0v) is 12.4. The first-order chi connectivity index (χ1) is 9.17. The molecular formula is C16H27NO2. The number of hydrogen-bond donors (Lipinski definition) is 2. The van der Waals surface area contributed by atoms with Crippen molar-refractivity contribution >= 4 is 0 Å². The molecule has 1 aromatic rings. The second kappa shape index (κ2) is 8.94. The molecule has 0 amide bonds. The van der Waals surface area contributed by atoms with Crippen LogP contribution in [-0.2, 0) is 0 Å². The molecule has 1 unspecified atom stereocenters. The lowest BCUT2D eigenvalue weighted by Crippen LogP contribution is -2.34. The fourth-order valence-corrected chi connectivity index (χ4v) is 1.89. The summed E-state index contributed by atoms with van der Waals surface area (Å²) in [6, 6.07) is 8.37. The van der Waals surface area contributed by atoms with Crippen LogP contribution in [0, 0.1) is 0 Å². The van der Waals surface area contributed by atoms with Crippen LogP contribution in [0.1, 0.15) is 45.1 Å². The first-order valence-corrected chi connectivity index (χ1v) is 7.24. The first-order valence-electron chi connectivity index (χ1n) is 7.24. The van der Waals surface area contributed by atoms with Crippen LogP contribution in [0.15, 0.2) is 24.3 Å². The molecule has 0 aliphatic carbocycles. The topological polar surface area (TPSA) is 41.5 Å². The van der Waals surface area contributed by atoms with Crippen LogP contribution in [-0.4, -0.2) is 30.9 Å². The second-order valence-electron chi connectivity index (χ2n) is 5.20. The van der Waals surface area contributed by atoms with Crippen molar-refractivity contribution < 1.29 is 9.84 Å². The van der Waals surface area contributed by atoms with Gasteiger partial charge in [-0.1, -0.05) is 32.9 Å². The number of benzene rings is 1. The Balaban J connectivity index is 2.37. The molecule has 0 bridgehead atoms. The van der Waals surface area contributed by atoms with Gasteiger partial charge in [0, 0.05) is 6.04 Å².